The molecule has 2 saturated heterocycles. The van der Waals surface area contributed by atoms with Gasteiger partial charge in [0.15, 0.2) is 5.96 Å². The van der Waals surface area contributed by atoms with Crippen LogP contribution in [0.2, 0.25) is 0 Å². The molecule has 0 aromatic rings. The summed E-state index contributed by atoms with van der Waals surface area (Å²) < 4.78 is 16.7. The lowest BCUT2D eigenvalue weighted by Gasteiger charge is -2.24. The molecule has 0 aliphatic carbocycles. The predicted octanol–water partition coefficient (Wildman–Crippen LogP) is 1.51. The maximum absolute atomic E-state index is 5.68. The molecule has 0 aromatic carbocycles. The second kappa shape index (κ2) is 10.8. The Balaban J connectivity index is 1.61. The monoisotopic (exact) mass is 327 g/mol. The van der Waals surface area contributed by atoms with E-state index in [1.165, 1.54) is 6.42 Å². The number of nitrogens with one attached hydrogen (secondary N) is 1. The Bertz CT molecular complexity index is 340. The third-order valence-electron chi connectivity index (χ3n) is 4.29. The van der Waals surface area contributed by atoms with Crippen molar-refractivity contribution in [2.75, 3.05) is 59.7 Å². The number of ether oxygens (including phenoxy) is 3. The first-order chi connectivity index (χ1) is 11.3. The lowest BCUT2D eigenvalue weighted by Crippen LogP contribution is -2.41. The van der Waals surface area contributed by atoms with Crippen molar-refractivity contribution < 1.29 is 14.2 Å². The van der Waals surface area contributed by atoms with Crippen LogP contribution in [0.25, 0.3) is 0 Å². The Kier molecular flexibility index (Phi) is 8.71. The van der Waals surface area contributed by atoms with E-state index in [-0.39, 0.29) is 0 Å². The lowest BCUT2D eigenvalue weighted by molar-refractivity contribution is 0.0170. The Hall–Kier alpha value is -0.850. The average molecular weight is 327 g/mol. The molecule has 2 atom stereocenters. The van der Waals surface area contributed by atoms with Gasteiger partial charge in [-0.25, -0.2) is 0 Å². The predicted molar refractivity (Wildman–Crippen MR) is 91.9 cm³/mol. The Morgan fingerprint density at radius 2 is 2.26 bits per heavy atom. The van der Waals surface area contributed by atoms with Crippen LogP contribution in [0.4, 0.5) is 0 Å². The first-order valence-electron chi connectivity index (χ1n) is 9.06. The summed E-state index contributed by atoms with van der Waals surface area (Å²) >= 11 is 0. The van der Waals surface area contributed by atoms with Gasteiger partial charge in [0, 0.05) is 52.4 Å². The molecule has 2 unspecified atom stereocenters. The van der Waals surface area contributed by atoms with Crippen LogP contribution in [0.3, 0.4) is 0 Å². The fourth-order valence-corrected chi connectivity index (χ4v) is 3.01. The van der Waals surface area contributed by atoms with E-state index in [1.54, 1.807) is 0 Å². The Labute approximate surface area is 140 Å². The van der Waals surface area contributed by atoms with Gasteiger partial charge in [-0.15, -0.1) is 0 Å². The van der Waals surface area contributed by atoms with Crippen LogP contribution in [-0.4, -0.2) is 76.7 Å². The Morgan fingerprint density at radius 1 is 1.35 bits per heavy atom. The van der Waals surface area contributed by atoms with Gasteiger partial charge < -0.3 is 24.4 Å². The summed E-state index contributed by atoms with van der Waals surface area (Å²) in [5, 5.41) is 3.37. The number of hydrogen-bond donors (Lipinski definition) is 1. The SMILES string of the molecule is CCNC(=NCCCOCC1CCCO1)N(C)CC1CCOC1. The van der Waals surface area contributed by atoms with Crippen molar-refractivity contribution in [2.24, 2.45) is 10.9 Å². The van der Waals surface area contributed by atoms with E-state index in [1.807, 2.05) is 0 Å². The minimum Gasteiger partial charge on any atom is -0.381 e. The fraction of sp³-hybridized carbons (Fsp3) is 0.941. The van der Waals surface area contributed by atoms with Crippen molar-refractivity contribution in [2.45, 2.75) is 38.7 Å². The summed E-state index contributed by atoms with van der Waals surface area (Å²) in [5.74, 6) is 1.61. The molecular weight excluding hydrogens is 294 g/mol. The van der Waals surface area contributed by atoms with Crippen molar-refractivity contribution in [1.29, 1.82) is 0 Å². The van der Waals surface area contributed by atoms with Crippen LogP contribution in [-0.2, 0) is 14.2 Å². The van der Waals surface area contributed by atoms with Gasteiger partial charge in [-0.1, -0.05) is 0 Å². The maximum Gasteiger partial charge on any atom is 0.193 e. The molecule has 2 aliphatic heterocycles. The third-order valence-corrected chi connectivity index (χ3v) is 4.29. The van der Waals surface area contributed by atoms with E-state index in [9.17, 15) is 0 Å². The van der Waals surface area contributed by atoms with Gasteiger partial charge in [0.25, 0.3) is 0 Å². The summed E-state index contributed by atoms with van der Waals surface area (Å²) in [6.45, 7) is 8.93. The van der Waals surface area contributed by atoms with Crippen LogP contribution in [0.5, 0.6) is 0 Å². The molecule has 0 amide bonds. The third kappa shape index (κ3) is 7.06. The largest absolute Gasteiger partial charge is 0.381 e. The number of hydrogen-bond acceptors (Lipinski definition) is 4. The average Bonchev–Trinajstić information content (AvgIpc) is 3.23. The second-order valence-electron chi connectivity index (χ2n) is 6.41. The number of aliphatic imine (C=N–C) groups is 1. The van der Waals surface area contributed by atoms with Crippen LogP contribution >= 0.6 is 0 Å². The summed E-state index contributed by atoms with van der Waals surface area (Å²) in [6.07, 6.45) is 4.72. The number of nitrogens with zero attached hydrogens (tertiary/aromatic N) is 2. The van der Waals surface area contributed by atoms with Crippen LogP contribution in [0.15, 0.2) is 4.99 Å². The van der Waals surface area contributed by atoms with E-state index in [2.05, 4.69) is 24.2 Å². The minimum absolute atomic E-state index is 0.315. The van der Waals surface area contributed by atoms with Crippen molar-refractivity contribution in [3.05, 3.63) is 0 Å². The lowest BCUT2D eigenvalue weighted by atomic mass is 10.1. The molecule has 6 nitrogen and oxygen atoms in total. The zero-order valence-electron chi connectivity index (χ0n) is 14.8. The van der Waals surface area contributed by atoms with Crippen LogP contribution < -0.4 is 5.32 Å². The Morgan fingerprint density at radius 3 is 2.96 bits per heavy atom. The first-order valence-corrected chi connectivity index (χ1v) is 9.06. The highest BCUT2D eigenvalue weighted by Crippen LogP contribution is 2.13. The summed E-state index contributed by atoms with van der Waals surface area (Å²) in [6, 6.07) is 0. The highest BCUT2D eigenvalue weighted by Gasteiger charge is 2.19. The smallest absolute Gasteiger partial charge is 0.193 e. The molecule has 0 spiro atoms. The molecule has 23 heavy (non-hydrogen) atoms. The molecule has 6 heteroatoms. The molecule has 2 aliphatic rings. The van der Waals surface area contributed by atoms with E-state index in [4.69, 9.17) is 19.2 Å². The number of guanidine groups is 1. The molecule has 0 saturated carbocycles. The highest BCUT2D eigenvalue weighted by molar-refractivity contribution is 5.79. The highest BCUT2D eigenvalue weighted by atomic mass is 16.5. The van der Waals surface area contributed by atoms with Gasteiger partial charge in [-0.2, -0.15) is 0 Å². The van der Waals surface area contributed by atoms with E-state index >= 15 is 0 Å². The molecule has 134 valence electrons. The molecule has 2 fully saturated rings. The summed E-state index contributed by atoms with van der Waals surface area (Å²) in [4.78, 5) is 6.92. The zero-order valence-corrected chi connectivity index (χ0v) is 14.8. The standard InChI is InChI=1S/C17H33N3O3/c1-3-18-17(20(2)12-15-7-11-22-13-15)19-8-5-9-21-14-16-6-4-10-23-16/h15-16H,3-14H2,1-2H3,(H,18,19). The van der Waals surface area contributed by atoms with Crippen molar-refractivity contribution in [3.8, 4) is 0 Å². The topological polar surface area (TPSA) is 55.3 Å². The van der Waals surface area contributed by atoms with Gasteiger partial charge in [0.2, 0.25) is 0 Å². The normalized spacial score (nSPS) is 25.0. The quantitative estimate of drug-likeness (QED) is 0.395. The fourth-order valence-electron chi connectivity index (χ4n) is 3.01. The van der Waals surface area contributed by atoms with Crippen LogP contribution in [0.1, 0.15) is 32.6 Å². The molecular formula is C17H33N3O3. The van der Waals surface area contributed by atoms with Gasteiger partial charge in [-0.05, 0) is 32.6 Å². The summed E-state index contributed by atoms with van der Waals surface area (Å²) in [5.41, 5.74) is 0. The molecule has 1 N–H and O–H groups in total. The van der Waals surface area contributed by atoms with Gasteiger partial charge in [0.1, 0.15) is 0 Å². The van der Waals surface area contributed by atoms with Gasteiger partial charge >= 0.3 is 0 Å². The molecule has 2 heterocycles. The van der Waals surface area contributed by atoms with Gasteiger partial charge in [-0.3, -0.25) is 4.99 Å². The van der Waals surface area contributed by atoms with Crippen molar-refractivity contribution in [3.63, 3.8) is 0 Å². The minimum atomic E-state index is 0.315. The zero-order chi connectivity index (χ0) is 16.3. The van der Waals surface area contributed by atoms with Crippen molar-refractivity contribution >= 4 is 5.96 Å². The summed E-state index contributed by atoms with van der Waals surface area (Å²) in [7, 11) is 2.10. The molecule has 2 rings (SSSR count). The van der Waals surface area contributed by atoms with Crippen molar-refractivity contribution in [1.82, 2.24) is 10.2 Å². The van der Waals surface area contributed by atoms with E-state index in [0.29, 0.717) is 12.0 Å². The maximum atomic E-state index is 5.68. The van der Waals surface area contributed by atoms with Crippen LogP contribution in [0, 0.1) is 5.92 Å². The molecule has 0 bridgehead atoms. The molecule has 0 radical (unpaired) electrons. The number of rotatable bonds is 9. The van der Waals surface area contributed by atoms with E-state index in [0.717, 1.165) is 77.9 Å². The first kappa shape index (κ1) is 18.5. The van der Waals surface area contributed by atoms with Gasteiger partial charge in [0.05, 0.1) is 19.3 Å². The second-order valence-corrected chi connectivity index (χ2v) is 6.41. The molecule has 0 aromatic heterocycles. The van der Waals surface area contributed by atoms with E-state index < -0.39 is 0 Å².